The van der Waals surface area contributed by atoms with Crippen molar-refractivity contribution in [2.75, 3.05) is 71.8 Å². The van der Waals surface area contributed by atoms with Gasteiger partial charge in [0.05, 0.1) is 65.1 Å². The molecule has 4 rings (SSSR count). The molecule has 0 aliphatic heterocycles. The van der Waals surface area contributed by atoms with Crippen LogP contribution in [0, 0.1) is 0 Å². The Labute approximate surface area is 249 Å². The molecule has 0 saturated heterocycles. The summed E-state index contributed by atoms with van der Waals surface area (Å²) in [4.78, 5) is 0. The zero-order valence-corrected chi connectivity index (χ0v) is 24.1. The first kappa shape index (κ1) is 31.2. The molecule has 0 aliphatic rings. The molecule has 0 heterocycles. The highest BCUT2D eigenvalue weighted by atomic mass is 16.6. The van der Waals surface area contributed by atoms with Gasteiger partial charge in [-0.2, -0.15) is 0 Å². The summed E-state index contributed by atoms with van der Waals surface area (Å²) in [6, 6.07) is 38.4. The zero-order chi connectivity index (χ0) is 29.1. The molecule has 0 bridgehead atoms. The van der Waals surface area contributed by atoms with Crippen molar-refractivity contribution in [1.29, 1.82) is 0 Å². The van der Waals surface area contributed by atoms with E-state index in [1.807, 2.05) is 78.9 Å². The van der Waals surface area contributed by atoms with Crippen LogP contribution in [-0.2, 0) is 29.3 Å². The molecule has 2 N–H and O–H groups in total. The van der Waals surface area contributed by atoms with Crippen molar-refractivity contribution >= 4 is 5.69 Å². The summed E-state index contributed by atoms with van der Waals surface area (Å²) >= 11 is 0. The SMILES string of the molecule is Nc1ccccc1OCCOCCOCCOCCOCCOC(c1ccccc1)(c1ccccc1)c1ccccc1. The monoisotopic (exact) mass is 571 g/mol. The Bertz CT molecular complexity index is 1160. The first-order chi connectivity index (χ1) is 20.8. The fraction of sp³-hybridized carbons (Fsp3) is 0.314. The van der Waals surface area contributed by atoms with E-state index in [2.05, 4.69) is 36.4 Å². The molecule has 0 spiro atoms. The van der Waals surface area contributed by atoms with E-state index in [-0.39, 0.29) is 0 Å². The molecule has 4 aromatic carbocycles. The smallest absolute Gasteiger partial charge is 0.143 e. The fourth-order valence-electron chi connectivity index (χ4n) is 4.61. The molecule has 7 nitrogen and oxygen atoms in total. The van der Waals surface area contributed by atoms with Crippen molar-refractivity contribution in [3.05, 3.63) is 132 Å². The summed E-state index contributed by atoms with van der Waals surface area (Å²) in [5.41, 5.74) is 8.94. The van der Waals surface area contributed by atoms with Crippen LogP contribution in [0.3, 0.4) is 0 Å². The number of hydrogen-bond donors (Lipinski definition) is 1. The summed E-state index contributed by atoms with van der Waals surface area (Å²) in [5, 5.41) is 0. The third-order valence-electron chi connectivity index (χ3n) is 6.61. The van der Waals surface area contributed by atoms with Crippen molar-refractivity contribution in [3.63, 3.8) is 0 Å². The predicted octanol–water partition coefficient (Wildman–Crippen LogP) is 5.72. The standard InChI is InChI=1S/C35H41NO6/c36-33-18-10-11-19-34(33)41-28-26-39-24-22-37-20-21-38-23-25-40-27-29-42-35(30-12-4-1-5-13-30,31-14-6-2-7-15-31)32-16-8-3-9-17-32/h1-19H,20-29,36H2. The van der Waals surface area contributed by atoms with Gasteiger partial charge in [0.25, 0.3) is 0 Å². The van der Waals surface area contributed by atoms with Crippen LogP contribution >= 0.6 is 0 Å². The summed E-state index contributed by atoms with van der Waals surface area (Å²) in [7, 11) is 0. The fourth-order valence-corrected chi connectivity index (χ4v) is 4.61. The number of rotatable bonds is 20. The Hall–Kier alpha value is -3.72. The van der Waals surface area contributed by atoms with Gasteiger partial charge in [-0.3, -0.25) is 0 Å². The van der Waals surface area contributed by atoms with Gasteiger partial charge in [0, 0.05) is 0 Å². The third-order valence-corrected chi connectivity index (χ3v) is 6.61. The molecule has 0 fully saturated rings. The van der Waals surface area contributed by atoms with E-state index in [9.17, 15) is 0 Å². The summed E-state index contributed by atoms with van der Waals surface area (Å²) in [6.45, 7) is 4.73. The Kier molecular flexibility index (Phi) is 13.3. The lowest BCUT2D eigenvalue weighted by atomic mass is 9.80. The molecule has 0 radical (unpaired) electrons. The molecule has 0 aromatic heterocycles. The van der Waals surface area contributed by atoms with Crippen LogP contribution in [0.2, 0.25) is 0 Å². The van der Waals surface area contributed by atoms with Crippen LogP contribution in [-0.4, -0.2) is 66.1 Å². The van der Waals surface area contributed by atoms with Crippen LogP contribution in [0.25, 0.3) is 0 Å². The van der Waals surface area contributed by atoms with E-state index < -0.39 is 5.60 Å². The van der Waals surface area contributed by atoms with Gasteiger partial charge in [0.2, 0.25) is 0 Å². The molecule has 0 saturated carbocycles. The maximum Gasteiger partial charge on any atom is 0.143 e. The summed E-state index contributed by atoms with van der Waals surface area (Å²) in [5.74, 6) is 0.672. The van der Waals surface area contributed by atoms with Gasteiger partial charge in [0.15, 0.2) is 0 Å². The Balaban J connectivity index is 1.10. The van der Waals surface area contributed by atoms with Gasteiger partial charge in [-0.25, -0.2) is 0 Å². The summed E-state index contributed by atoms with van der Waals surface area (Å²) in [6.07, 6.45) is 0. The maximum atomic E-state index is 6.71. The lowest BCUT2D eigenvalue weighted by molar-refractivity contribution is -0.0386. The minimum absolute atomic E-state index is 0.422. The number of anilines is 1. The van der Waals surface area contributed by atoms with Crippen LogP contribution in [0.1, 0.15) is 16.7 Å². The van der Waals surface area contributed by atoms with Crippen LogP contribution in [0.15, 0.2) is 115 Å². The molecule has 4 aromatic rings. The molecule has 0 aliphatic carbocycles. The highest BCUT2D eigenvalue weighted by molar-refractivity contribution is 5.51. The summed E-state index contributed by atoms with van der Waals surface area (Å²) < 4.78 is 34.8. The van der Waals surface area contributed by atoms with Crippen molar-refractivity contribution in [2.45, 2.75) is 5.60 Å². The van der Waals surface area contributed by atoms with Crippen molar-refractivity contribution in [1.82, 2.24) is 0 Å². The molecule has 0 unspecified atom stereocenters. The van der Waals surface area contributed by atoms with Crippen molar-refractivity contribution in [3.8, 4) is 5.75 Å². The quantitative estimate of drug-likeness (QED) is 0.0825. The Morgan fingerprint density at radius 3 is 1.19 bits per heavy atom. The second-order valence-electron chi connectivity index (χ2n) is 9.46. The first-order valence-corrected chi connectivity index (χ1v) is 14.4. The van der Waals surface area contributed by atoms with Gasteiger partial charge in [-0.05, 0) is 28.8 Å². The number of benzene rings is 4. The molecule has 0 atom stereocenters. The number of hydrogen-bond acceptors (Lipinski definition) is 7. The van der Waals surface area contributed by atoms with Gasteiger partial charge in [-0.1, -0.05) is 103 Å². The average Bonchev–Trinajstić information content (AvgIpc) is 3.05. The van der Waals surface area contributed by atoms with E-state index in [1.54, 1.807) is 0 Å². The molecular weight excluding hydrogens is 530 g/mol. The molecule has 222 valence electrons. The second-order valence-corrected chi connectivity index (χ2v) is 9.46. The van der Waals surface area contributed by atoms with Crippen LogP contribution < -0.4 is 10.5 Å². The molecule has 0 amide bonds. The van der Waals surface area contributed by atoms with E-state index in [0.717, 1.165) is 16.7 Å². The normalized spacial score (nSPS) is 11.4. The minimum Gasteiger partial charge on any atom is -0.489 e. The van der Waals surface area contributed by atoms with E-state index in [0.29, 0.717) is 77.5 Å². The van der Waals surface area contributed by atoms with E-state index in [1.165, 1.54) is 0 Å². The number of ether oxygens (including phenoxy) is 6. The maximum absolute atomic E-state index is 6.71. The topological polar surface area (TPSA) is 81.4 Å². The number of para-hydroxylation sites is 2. The molecule has 42 heavy (non-hydrogen) atoms. The van der Waals surface area contributed by atoms with Crippen molar-refractivity contribution < 1.29 is 28.4 Å². The molecule has 7 heteroatoms. The molecular formula is C35H41NO6. The van der Waals surface area contributed by atoms with Gasteiger partial charge < -0.3 is 34.2 Å². The zero-order valence-electron chi connectivity index (χ0n) is 24.1. The highest BCUT2D eigenvalue weighted by Crippen LogP contribution is 2.40. The van der Waals surface area contributed by atoms with Crippen LogP contribution in [0.4, 0.5) is 5.69 Å². The lowest BCUT2D eigenvalue weighted by Gasteiger charge is -2.36. The number of nitrogen functional groups attached to an aromatic ring is 1. The van der Waals surface area contributed by atoms with Crippen LogP contribution in [0.5, 0.6) is 5.75 Å². The minimum atomic E-state index is -0.742. The van der Waals surface area contributed by atoms with E-state index >= 15 is 0 Å². The third kappa shape index (κ3) is 9.41. The predicted molar refractivity (Wildman–Crippen MR) is 165 cm³/mol. The van der Waals surface area contributed by atoms with E-state index in [4.69, 9.17) is 34.2 Å². The lowest BCUT2D eigenvalue weighted by Crippen LogP contribution is -2.34. The average molecular weight is 572 g/mol. The van der Waals surface area contributed by atoms with Crippen molar-refractivity contribution in [2.24, 2.45) is 0 Å². The highest BCUT2D eigenvalue weighted by Gasteiger charge is 2.37. The first-order valence-electron chi connectivity index (χ1n) is 14.4. The van der Waals surface area contributed by atoms with Gasteiger partial charge in [-0.15, -0.1) is 0 Å². The Morgan fingerprint density at radius 1 is 0.405 bits per heavy atom. The number of nitrogens with two attached hydrogens (primary N) is 1. The largest absolute Gasteiger partial charge is 0.489 e. The van der Waals surface area contributed by atoms with Gasteiger partial charge >= 0.3 is 0 Å². The van der Waals surface area contributed by atoms with Gasteiger partial charge in [0.1, 0.15) is 18.0 Å². The second kappa shape index (κ2) is 18.0. The Morgan fingerprint density at radius 2 is 0.762 bits per heavy atom.